The first-order chi connectivity index (χ1) is 16.1. The zero-order chi connectivity index (χ0) is 23.2. The van der Waals surface area contributed by atoms with E-state index in [1.54, 1.807) is 39.5 Å². The van der Waals surface area contributed by atoms with Gasteiger partial charge in [-0.1, -0.05) is 54.6 Å². The van der Waals surface area contributed by atoms with Gasteiger partial charge in [0.1, 0.15) is 17.2 Å². The van der Waals surface area contributed by atoms with Gasteiger partial charge in [0.05, 0.1) is 21.3 Å². The first-order valence-corrected chi connectivity index (χ1v) is 10.7. The molecular formula is C28H27NO4. The SMILES string of the molecule is COc1ccc(CN(Cc2cccc3ccccc23)C(=O)c2cc(OC)cc(OC)c2)cc1. The van der Waals surface area contributed by atoms with Crippen LogP contribution in [0.5, 0.6) is 17.2 Å². The van der Waals surface area contributed by atoms with E-state index in [4.69, 9.17) is 14.2 Å². The second-order valence-electron chi connectivity index (χ2n) is 7.75. The van der Waals surface area contributed by atoms with Gasteiger partial charge < -0.3 is 19.1 Å². The Morgan fingerprint density at radius 3 is 2.00 bits per heavy atom. The van der Waals surface area contributed by atoms with Crippen molar-refractivity contribution >= 4 is 16.7 Å². The fourth-order valence-electron chi connectivity index (χ4n) is 3.90. The number of nitrogens with zero attached hydrogens (tertiary/aromatic N) is 1. The molecule has 0 aliphatic rings. The molecule has 0 atom stereocenters. The molecule has 0 fully saturated rings. The van der Waals surface area contributed by atoms with Crippen molar-refractivity contribution < 1.29 is 19.0 Å². The Kier molecular flexibility index (Phi) is 6.79. The number of fused-ring (bicyclic) bond motifs is 1. The van der Waals surface area contributed by atoms with Crippen LogP contribution in [0.15, 0.2) is 84.9 Å². The summed E-state index contributed by atoms with van der Waals surface area (Å²) in [6, 6.07) is 27.4. The topological polar surface area (TPSA) is 48.0 Å². The van der Waals surface area contributed by atoms with Crippen LogP contribution < -0.4 is 14.2 Å². The van der Waals surface area contributed by atoms with Gasteiger partial charge in [0.25, 0.3) is 5.91 Å². The van der Waals surface area contributed by atoms with Crippen LogP contribution in [0.1, 0.15) is 21.5 Å². The fraction of sp³-hybridized carbons (Fsp3) is 0.179. The molecule has 4 aromatic rings. The lowest BCUT2D eigenvalue weighted by molar-refractivity contribution is 0.0730. The number of benzene rings is 4. The molecule has 4 aromatic carbocycles. The fourth-order valence-corrected chi connectivity index (χ4v) is 3.90. The number of carbonyl (C=O) groups excluding carboxylic acids is 1. The molecule has 33 heavy (non-hydrogen) atoms. The molecule has 0 aromatic heterocycles. The lowest BCUT2D eigenvalue weighted by Crippen LogP contribution is -2.30. The third-order valence-corrected chi connectivity index (χ3v) is 5.66. The Morgan fingerprint density at radius 1 is 0.697 bits per heavy atom. The normalized spacial score (nSPS) is 10.6. The van der Waals surface area contributed by atoms with Gasteiger partial charge in [-0.05, 0) is 46.2 Å². The van der Waals surface area contributed by atoms with E-state index >= 15 is 0 Å². The standard InChI is InChI=1S/C28H27NO4/c1-31-24-13-11-20(12-14-24)18-29(19-22-9-6-8-21-7-4-5-10-27(21)22)28(30)23-15-25(32-2)17-26(16-23)33-3/h4-17H,18-19H2,1-3H3. The smallest absolute Gasteiger partial charge is 0.254 e. The maximum Gasteiger partial charge on any atom is 0.254 e. The average Bonchev–Trinajstić information content (AvgIpc) is 2.88. The van der Waals surface area contributed by atoms with Gasteiger partial charge in [-0.15, -0.1) is 0 Å². The van der Waals surface area contributed by atoms with Gasteiger partial charge in [-0.2, -0.15) is 0 Å². The first-order valence-electron chi connectivity index (χ1n) is 10.7. The summed E-state index contributed by atoms with van der Waals surface area (Å²) in [5.41, 5.74) is 2.61. The van der Waals surface area contributed by atoms with Crippen molar-refractivity contribution in [1.82, 2.24) is 4.90 Å². The highest BCUT2D eigenvalue weighted by Gasteiger charge is 2.20. The molecule has 0 saturated heterocycles. The zero-order valence-electron chi connectivity index (χ0n) is 19.1. The molecule has 0 N–H and O–H groups in total. The number of rotatable bonds is 8. The molecule has 168 valence electrons. The van der Waals surface area contributed by atoms with Crippen molar-refractivity contribution in [2.24, 2.45) is 0 Å². The minimum absolute atomic E-state index is 0.101. The van der Waals surface area contributed by atoms with Gasteiger partial charge in [-0.3, -0.25) is 4.79 Å². The molecule has 0 spiro atoms. The van der Waals surface area contributed by atoms with Crippen LogP contribution >= 0.6 is 0 Å². The number of hydrogen-bond acceptors (Lipinski definition) is 4. The minimum Gasteiger partial charge on any atom is -0.497 e. The number of carbonyl (C=O) groups is 1. The van der Waals surface area contributed by atoms with Gasteiger partial charge in [0, 0.05) is 24.7 Å². The van der Waals surface area contributed by atoms with Crippen molar-refractivity contribution in [1.29, 1.82) is 0 Å². The summed E-state index contributed by atoms with van der Waals surface area (Å²) in [5, 5.41) is 2.28. The van der Waals surface area contributed by atoms with E-state index in [0.717, 1.165) is 27.6 Å². The largest absolute Gasteiger partial charge is 0.497 e. The summed E-state index contributed by atoms with van der Waals surface area (Å²) < 4.78 is 16.0. The van der Waals surface area contributed by atoms with E-state index in [9.17, 15) is 4.79 Å². The average molecular weight is 442 g/mol. The summed E-state index contributed by atoms with van der Waals surface area (Å²) in [6.07, 6.45) is 0. The maximum absolute atomic E-state index is 13.7. The molecule has 0 bridgehead atoms. The molecule has 0 heterocycles. The number of methoxy groups -OCH3 is 3. The van der Waals surface area contributed by atoms with E-state index in [1.165, 1.54) is 0 Å². The lowest BCUT2D eigenvalue weighted by Gasteiger charge is -2.24. The van der Waals surface area contributed by atoms with Crippen LogP contribution in [0, 0.1) is 0 Å². The Bertz CT molecular complexity index is 1220. The Hall–Kier alpha value is -3.99. The quantitative estimate of drug-likeness (QED) is 0.351. The second kappa shape index (κ2) is 10.1. The van der Waals surface area contributed by atoms with Crippen molar-refractivity contribution in [2.45, 2.75) is 13.1 Å². The van der Waals surface area contributed by atoms with Crippen LogP contribution in [0.3, 0.4) is 0 Å². The van der Waals surface area contributed by atoms with Crippen molar-refractivity contribution in [3.05, 3.63) is 102 Å². The van der Waals surface area contributed by atoms with Crippen molar-refractivity contribution in [2.75, 3.05) is 21.3 Å². The van der Waals surface area contributed by atoms with E-state index in [2.05, 4.69) is 24.3 Å². The molecule has 0 aliphatic carbocycles. The highest BCUT2D eigenvalue weighted by Crippen LogP contribution is 2.26. The number of amides is 1. The minimum atomic E-state index is -0.101. The predicted molar refractivity (Wildman–Crippen MR) is 130 cm³/mol. The van der Waals surface area contributed by atoms with Gasteiger partial charge in [0.2, 0.25) is 0 Å². The molecule has 5 nitrogen and oxygen atoms in total. The summed E-state index contributed by atoms with van der Waals surface area (Å²) in [5.74, 6) is 1.83. The monoisotopic (exact) mass is 441 g/mol. The molecule has 0 radical (unpaired) electrons. The van der Waals surface area contributed by atoms with E-state index < -0.39 is 0 Å². The van der Waals surface area contributed by atoms with Gasteiger partial charge in [-0.25, -0.2) is 0 Å². The lowest BCUT2D eigenvalue weighted by atomic mass is 10.0. The molecular weight excluding hydrogens is 414 g/mol. The van der Waals surface area contributed by atoms with Crippen LogP contribution in [0.25, 0.3) is 10.8 Å². The Morgan fingerprint density at radius 2 is 1.33 bits per heavy atom. The number of ether oxygens (including phenoxy) is 3. The van der Waals surface area contributed by atoms with E-state index in [-0.39, 0.29) is 5.91 Å². The molecule has 1 amide bonds. The molecule has 4 rings (SSSR count). The Labute approximate surface area is 194 Å². The second-order valence-corrected chi connectivity index (χ2v) is 7.75. The number of hydrogen-bond donors (Lipinski definition) is 0. The van der Waals surface area contributed by atoms with E-state index in [0.29, 0.717) is 30.2 Å². The third kappa shape index (κ3) is 5.09. The van der Waals surface area contributed by atoms with Crippen LogP contribution in [-0.4, -0.2) is 32.1 Å². The summed E-state index contributed by atoms with van der Waals surface area (Å²) in [6.45, 7) is 0.914. The van der Waals surface area contributed by atoms with Crippen molar-refractivity contribution in [3.8, 4) is 17.2 Å². The van der Waals surface area contributed by atoms with Crippen molar-refractivity contribution in [3.63, 3.8) is 0 Å². The van der Waals surface area contributed by atoms with Gasteiger partial charge >= 0.3 is 0 Å². The predicted octanol–water partition coefficient (Wildman–Crippen LogP) is 5.71. The highest BCUT2D eigenvalue weighted by molar-refractivity contribution is 5.95. The third-order valence-electron chi connectivity index (χ3n) is 5.66. The maximum atomic E-state index is 13.7. The summed E-state index contributed by atoms with van der Waals surface area (Å²) in [7, 11) is 4.80. The van der Waals surface area contributed by atoms with Crippen LogP contribution in [0.2, 0.25) is 0 Å². The molecule has 0 saturated carbocycles. The van der Waals surface area contributed by atoms with Crippen LogP contribution in [0.4, 0.5) is 0 Å². The summed E-state index contributed by atoms with van der Waals surface area (Å²) in [4.78, 5) is 15.6. The van der Waals surface area contributed by atoms with E-state index in [1.807, 2.05) is 47.4 Å². The Balaban J connectivity index is 1.72. The molecule has 5 heteroatoms. The first kappa shape index (κ1) is 22.2. The van der Waals surface area contributed by atoms with Crippen LogP contribution in [-0.2, 0) is 13.1 Å². The molecule has 0 aliphatic heterocycles. The highest BCUT2D eigenvalue weighted by atomic mass is 16.5. The van der Waals surface area contributed by atoms with Gasteiger partial charge in [0.15, 0.2) is 0 Å². The zero-order valence-corrected chi connectivity index (χ0v) is 19.1. The molecule has 0 unspecified atom stereocenters. The summed E-state index contributed by atoms with van der Waals surface area (Å²) >= 11 is 0.